The zero-order valence-electron chi connectivity index (χ0n) is 19.0. The van der Waals surface area contributed by atoms with Gasteiger partial charge in [-0.05, 0) is 40.3 Å². The predicted molar refractivity (Wildman–Crippen MR) is 132 cm³/mol. The Morgan fingerprint density at radius 1 is 0.676 bits per heavy atom. The summed E-state index contributed by atoms with van der Waals surface area (Å²) in [5, 5.41) is 0. The molecular formula is C30H23IrN3-2. The number of nitrogens with zero attached hydrogens (tertiary/aromatic N) is 3. The molecule has 2 aromatic carbocycles. The van der Waals surface area contributed by atoms with E-state index in [1.807, 2.05) is 60.8 Å². The number of benzene rings is 2. The van der Waals surface area contributed by atoms with Gasteiger partial charge in [-0.15, -0.1) is 53.6 Å². The second kappa shape index (κ2) is 10.2. The number of fused-ring (bicyclic) bond motifs is 3. The summed E-state index contributed by atoms with van der Waals surface area (Å²) in [4.78, 5) is 12.9. The number of rotatable bonds is 2. The molecule has 0 bridgehead atoms. The zero-order chi connectivity index (χ0) is 22.7. The zero-order valence-corrected chi connectivity index (χ0v) is 21.4. The van der Waals surface area contributed by atoms with E-state index in [-0.39, 0.29) is 25.5 Å². The molecule has 0 aliphatic heterocycles. The molecule has 0 amide bonds. The van der Waals surface area contributed by atoms with Crippen molar-refractivity contribution in [2.24, 2.45) is 0 Å². The molecule has 169 valence electrons. The van der Waals surface area contributed by atoms with Crippen LogP contribution in [0.15, 0.2) is 104 Å². The average Bonchev–Trinajstić information content (AvgIpc) is 3.12. The van der Waals surface area contributed by atoms with E-state index < -0.39 is 0 Å². The van der Waals surface area contributed by atoms with E-state index in [2.05, 4.69) is 71.4 Å². The third kappa shape index (κ3) is 4.61. The molecule has 0 spiro atoms. The standard InChI is InChI=1S/C19H15N2.C11H8N.Ir/c1-19(2)16-8-4-3-7-14(16)15-12-21-18(10-17(15)19)13-6-5-9-20-11-13;1-2-6-10(7-3-1)11-8-4-5-9-12-11;/h3-10,12H,1-2H3;1-6,8-9H;/q2*-1;. The van der Waals surface area contributed by atoms with Gasteiger partial charge in [0.2, 0.25) is 0 Å². The number of aromatic nitrogens is 3. The van der Waals surface area contributed by atoms with Crippen molar-refractivity contribution in [1.29, 1.82) is 0 Å². The van der Waals surface area contributed by atoms with Gasteiger partial charge in [-0.2, -0.15) is 0 Å². The summed E-state index contributed by atoms with van der Waals surface area (Å²) in [5.41, 5.74) is 9.12. The Morgan fingerprint density at radius 3 is 2.21 bits per heavy atom. The Balaban J connectivity index is 0.000000180. The van der Waals surface area contributed by atoms with Crippen LogP contribution >= 0.6 is 0 Å². The van der Waals surface area contributed by atoms with E-state index >= 15 is 0 Å². The Kier molecular flexibility index (Phi) is 7.11. The second-order valence-electron chi connectivity index (χ2n) is 8.44. The Labute approximate surface area is 214 Å². The summed E-state index contributed by atoms with van der Waals surface area (Å²) in [6.45, 7) is 4.54. The molecule has 1 aliphatic carbocycles. The maximum Gasteiger partial charge on any atom is 0.0242 e. The van der Waals surface area contributed by atoms with Gasteiger partial charge in [0.05, 0.1) is 0 Å². The molecule has 0 atom stereocenters. The molecule has 0 fully saturated rings. The molecule has 3 heterocycles. The predicted octanol–water partition coefficient (Wildman–Crippen LogP) is 6.80. The summed E-state index contributed by atoms with van der Waals surface area (Å²) in [6, 6.07) is 31.5. The molecule has 1 aliphatic rings. The van der Waals surface area contributed by atoms with Crippen LogP contribution in [0.3, 0.4) is 0 Å². The van der Waals surface area contributed by atoms with Crippen LogP contribution in [-0.4, -0.2) is 15.0 Å². The number of hydrogen-bond acceptors (Lipinski definition) is 3. The average molecular weight is 618 g/mol. The second-order valence-corrected chi connectivity index (χ2v) is 8.44. The van der Waals surface area contributed by atoms with Crippen molar-refractivity contribution in [3.05, 3.63) is 127 Å². The smallest absolute Gasteiger partial charge is 0.0242 e. The fourth-order valence-corrected chi connectivity index (χ4v) is 4.29. The van der Waals surface area contributed by atoms with Gasteiger partial charge in [0.1, 0.15) is 0 Å². The molecule has 0 saturated carbocycles. The molecule has 0 saturated heterocycles. The van der Waals surface area contributed by atoms with Gasteiger partial charge in [0.15, 0.2) is 0 Å². The largest absolute Gasteiger partial charge is 0.360 e. The van der Waals surface area contributed by atoms with Crippen LogP contribution < -0.4 is 0 Å². The Morgan fingerprint density at radius 2 is 1.47 bits per heavy atom. The molecule has 34 heavy (non-hydrogen) atoms. The van der Waals surface area contributed by atoms with Crippen molar-refractivity contribution in [3.8, 4) is 33.6 Å². The minimum atomic E-state index is 0. The molecule has 5 aromatic rings. The van der Waals surface area contributed by atoms with Gasteiger partial charge >= 0.3 is 0 Å². The topological polar surface area (TPSA) is 38.7 Å². The summed E-state index contributed by atoms with van der Waals surface area (Å²) in [5.74, 6) is 0. The SMILES string of the molecule is CC1(C)c2ccccc2-c2cnc(-c3[c-]nccc3)cc21.[Ir].[c-]1ccccc1-c1ccccn1. The van der Waals surface area contributed by atoms with E-state index in [0.29, 0.717) is 0 Å². The van der Waals surface area contributed by atoms with E-state index in [0.717, 1.165) is 22.5 Å². The van der Waals surface area contributed by atoms with Gasteiger partial charge in [-0.3, -0.25) is 0 Å². The summed E-state index contributed by atoms with van der Waals surface area (Å²) in [7, 11) is 0. The molecule has 3 aromatic heterocycles. The minimum Gasteiger partial charge on any atom is -0.360 e. The molecule has 4 heteroatoms. The monoisotopic (exact) mass is 618 g/mol. The first-order chi connectivity index (χ1) is 16.1. The van der Waals surface area contributed by atoms with Crippen LogP contribution in [-0.2, 0) is 25.5 Å². The fourth-order valence-electron chi connectivity index (χ4n) is 4.29. The maximum atomic E-state index is 4.61. The third-order valence-corrected chi connectivity index (χ3v) is 6.00. The van der Waals surface area contributed by atoms with Crippen LogP contribution in [0.4, 0.5) is 0 Å². The van der Waals surface area contributed by atoms with Crippen molar-refractivity contribution >= 4 is 0 Å². The van der Waals surface area contributed by atoms with Crippen LogP contribution in [0.2, 0.25) is 0 Å². The minimum absolute atomic E-state index is 0. The Bertz CT molecular complexity index is 1330. The quantitative estimate of drug-likeness (QED) is 0.205. The van der Waals surface area contributed by atoms with Crippen molar-refractivity contribution in [2.45, 2.75) is 19.3 Å². The molecular weight excluding hydrogens is 595 g/mol. The molecule has 1 radical (unpaired) electrons. The Hall–Kier alpha value is -3.46. The number of pyridine rings is 3. The first-order valence-electron chi connectivity index (χ1n) is 11.0. The summed E-state index contributed by atoms with van der Waals surface area (Å²) >= 11 is 0. The fraction of sp³-hybridized carbons (Fsp3) is 0.100. The van der Waals surface area contributed by atoms with Gasteiger partial charge in [-0.1, -0.05) is 62.5 Å². The summed E-state index contributed by atoms with van der Waals surface area (Å²) < 4.78 is 0. The summed E-state index contributed by atoms with van der Waals surface area (Å²) in [6.07, 6.45) is 8.52. The molecule has 0 unspecified atom stereocenters. The van der Waals surface area contributed by atoms with E-state index in [1.54, 1.807) is 12.4 Å². The van der Waals surface area contributed by atoms with Crippen LogP contribution in [0.25, 0.3) is 33.6 Å². The normalized spacial score (nSPS) is 12.4. The van der Waals surface area contributed by atoms with E-state index in [9.17, 15) is 0 Å². The van der Waals surface area contributed by atoms with Crippen molar-refractivity contribution in [1.82, 2.24) is 15.0 Å². The van der Waals surface area contributed by atoms with Crippen molar-refractivity contribution < 1.29 is 20.1 Å². The van der Waals surface area contributed by atoms with Gasteiger partial charge in [0.25, 0.3) is 0 Å². The van der Waals surface area contributed by atoms with Crippen molar-refractivity contribution in [3.63, 3.8) is 0 Å². The molecule has 6 rings (SSSR count). The molecule has 0 N–H and O–H groups in total. The van der Waals surface area contributed by atoms with Gasteiger partial charge in [0, 0.05) is 43.5 Å². The van der Waals surface area contributed by atoms with E-state index in [4.69, 9.17) is 0 Å². The molecule has 3 nitrogen and oxygen atoms in total. The third-order valence-electron chi connectivity index (χ3n) is 6.00. The van der Waals surface area contributed by atoms with Crippen LogP contribution in [0, 0.1) is 12.3 Å². The van der Waals surface area contributed by atoms with Gasteiger partial charge < -0.3 is 15.0 Å². The van der Waals surface area contributed by atoms with Crippen LogP contribution in [0.5, 0.6) is 0 Å². The van der Waals surface area contributed by atoms with Crippen molar-refractivity contribution in [2.75, 3.05) is 0 Å². The van der Waals surface area contributed by atoms with Crippen LogP contribution in [0.1, 0.15) is 25.0 Å². The van der Waals surface area contributed by atoms with E-state index in [1.165, 1.54) is 22.3 Å². The van der Waals surface area contributed by atoms with Gasteiger partial charge in [-0.25, -0.2) is 0 Å². The number of hydrogen-bond donors (Lipinski definition) is 0. The first-order valence-corrected chi connectivity index (χ1v) is 11.0. The first kappa shape index (κ1) is 23.7. The maximum absolute atomic E-state index is 4.61.